The average Bonchev–Trinajstić information content (AvgIpc) is 2.53. The Hall–Kier alpha value is -0.390. The van der Waals surface area contributed by atoms with Crippen LogP contribution < -0.4 is 5.32 Å². The zero-order valence-electron chi connectivity index (χ0n) is 10.3. The van der Waals surface area contributed by atoms with E-state index in [0.717, 1.165) is 19.4 Å². The second-order valence-electron chi connectivity index (χ2n) is 4.77. The van der Waals surface area contributed by atoms with Crippen molar-refractivity contribution in [2.45, 2.75) is 39.3 Å². The predicted molar refractivity (Wildman–Crippen MR) is 72.3 cm³/mol. The summed E-state index contributed by atoms with van der Waals surface area (Å²) in [6.07, 6.45) is 1.77. The molecule has 0 aromatic carbocycles. The first-order valence-corrected chi connectivity index (χ1v) is 8.60. The average molecular weight is 273 g/mol. The van der Waals surface area contributed by atoms with Gasteiger partial charge in [0.05, 0.1) is 11.5 Å². The van der Waals surface area contributed by atoms with Gasteiger partial charge in [0.25, 0.3) is 0 Å². The molecule has 96 valence electrons. The third-order valence-corrected chi connectivity index (χ3v) is 6.02. The Kier molecular flexibility index (Phi) is 3.90. The Bertz CT molecular complexity index is 491. The monoisotopic (exact) mass is 273 g/mol. The zero-order valence-corrected chi connectivity index (χ0v) is 12.0. The van der Waals surface area contributed by atoms with Crippen LogP contribution in [0.5, 0.6) is 0 Å². The van der Waals surface area contributed by atoms with Crippen molar-refractivity contribution in [2.24, 2.45) is 0 Å². The first-order valence-electron chi connectivity index (χ1n) is 5.96. The van der Waals surface area contributed by atoms with Crippen LogP contribution in [-0.4, -0.2) is 26.0 Å². The highest BCUT2D eigenvalue weighted by molar-refractivity contribution is 7.91. The van der Waals surface area contributed by atoms with Gasteiger partial charge in [-0.05, 0) is 38.3 Å². The number of sulfone groups is 1. The lowest BCUT2D eigenvalue weighted by Crippen LogP contribution is -2.39. The van der Waals surface area contributed by atoms with Crippen LogP contribution in [0.15, 0.2) is 6.07 Å². The lowest BCUT2D eigenvalue weighted by molar-refractivity contribution is 0.480. The summed E-state index contributed by atoms with van der Waals surface area (Å²) < 4.78 is 23.0. The van der Waals surface area contributed by atoms with Crippen LogP contribution in [0, 0.1) is 13.8 Å². The van der Waals surface area contributed by atoms with Gasteiger partial charge in [0, 0.05) is 22.3 Å². The molecular formula is C12H19NO2S2. The predicted octanol–water partition coefficient (Wildman–Crippen LogP) is 2.03. The summed E-state index contributed by atoms with van der Waals surface area (Å²) >= 11 is 1.80. The molecule has 1 aromatic rings. The lowest BCUT2D eigenvalue weighted by Gasteiger charge is -2.23. The second kappa shape index (κ2) is 5.08. The van der Waals surface area contributed by atoms with Crippen LogP contribution >= 0.6 is 11.3 Å². The maximum Gasteiger partial charge on any atom is 0.151 e. The molecule has 0 aliphatic carbocycles. The molecule has 1 atom stereocenters. The largest absolute Gasteiger partial charge is 0.309 e. The fourth-order valence-electron chi connectivity index (χ4n) is 2.30. The molecule has 1 unspecified atom stereocenters. The van der Waals surface area contributed by atoms with Crippen LogP contribution in [0.4, 0.5) is 0 Å². The van der Waals surface area contributed by atoms with Gasteiger partial charge in [-0.2, -0.15) is 0 Å². The van der Waals surface area contributed by atoms with Crippen LogP contribution in [0.25, 0.3) is 0 Å². The van der Waals surface area contributed by atoms with Crippen molar-refractivity contribution < 1.29 is 8.42 Å². The van der Waals surface area contributed by atoms with Gasteiger partial charge in [0.15, 0.2) is 9.84 Å². The molecular weight excluding hydrogens is 254 g/mol. The van der Waals surface area contributed by atoms with Crippen molar-refractivity contribution >= 4 is 21.2 Å². The van der Waals surface area contributed by atoms with E-state index < -0.39 is 9.84 Å². The van der Waals surface area contributed by atoms with Crippen molar-refractivity contribution in [1.82, 2.24) is 5.32 Å². The number of nitrogens with one attached hydrogen (secondary N) is 1. The van der Waals surface area contributed by atoms with Gasteiger partial charge < -0.3 is 5.32 Å². The van der Waals surface area contributed by atoms with Gasteiger partial charge in [0.2, 0.25) is 0 Å². The van der Waals surface area contributed by atoms with Crippen LogP contribution in [-0.2, 0) is 16.4 Å². The molecule has 1 aliphatic rings. The van der Waals surface area contributed by atoms with E-state index in [1.165, 1.54) is 15.3 Å². The Labute approximate surface area is 107 Å². The molecule has 0 saturated carbocycles. The maximum atomic E-state index is 11.5. The first-order chi connectivity index (χ1) is 7.96. The van der Waals surface area contributed by atoms with Crippen molar-refractivity contribution in [2.75, 3.05) is 11.5 Å². The van der Waals surface area contributed by atoms with E-state index >= 15 is 0 Å². The summed E-state index contributed by atoms with van der Waals surface area (Å²) in [5, 5.41) is 3.38. The molecule has 1 saturated heterocycles. The molecule has 1 fully saturated rings. The van der Waals surface area contributed by atoms with E-state index in [0.29, 0.717) is 11.5 Å². The van der Waals surface area contributed by atoms with Crippen LogP contribution in [0.2, 0.25) is 0 Å². The number of rotatable bonds is 3. The van der Waals surface area contributed by atoms with Gasteiger partial charge in [-0.15, -0.1) is 11.3 Å². The van der Waals surface area contributed by atoms with E-state index in [4.69, 9.17) is 0 Å². The smallest absolute Gasteiger partial charge is 0.151 e. The van der Waals surface area contributed by atoms with E-state index in [2.05, 4.69) is 25.2 Å². The molecule has 0 amide bonds. The van der Waals surface area contributed by atoms with Crippen LogP contribution in [0.1, 0.15) is 28.2 Å². The molecule has 0 radical (unpaired) electrons. The lowest BCUT2D eigenvalue weighted by atomic mass is 10.1. The third-order valence-electron chi connectivity index (χ3n) is 3.19. The van der Waals surface area contributed by atoms with Gasteiger partial charge in [-0.3, -0.25) is 0 Å². The summed E-state index contributed by atoms with van der Waals surface area (Å²) in [7, 11) is -2.80. The molecule has 0 bridgehead atoms. The van der Waals surface area contributed by atoms with E-state index in [-0.39, 0.29) is 6.04 Å². The van der Waals surface area contributed by atoms with Crippen molar-refractivity contribution in [3.63, 3.8) is 0 Å². The molecule has 1 N–H and O–H groups in total. The first kappa shape index (κ1) is 13.1. The number of aryl methyl sites for hydroxylation is 2. The highest BCUT2D eigenvalue weighted by atomic mass is 32.2. The maximum absolute atomic E-state index is 11.5. The van der Waals surface area contributed by atoms with Gasteiger partial charge in [-0.25, -0.2) is 8.42 Å². The molecule has 17 heavy (non-hydrogen) atoms. The van der Waals surface area contributed by atoms with E-state index in [1.54, 1.807) is 11.3 Å². The highest BCUT2D eigenvalue weighted by Crippen LogP contribution is 2.21. The quantitative estimate of drug-likeness (QED) is 0.916. The van der Waals surface area contributed by atoms with Crippen molar-refractivity contribution in [1.29, 1.82) is 0 Å². The van der Waals surface area contributed by atoms with E-state index in [9.17, 15) is 8.42 Å². The number of thiophene rings is 1. The minimum Gasteiger partial charge on any atom is -0.309 e. The Balaban J connectivity index is 1.92. The molecule has 2 heterocycles. The summed E-state index contributed by atoms with van der Waals surface area (Å²) in [5.74, 6) is 0.664. The van der Waals surface area contributed by atoms with Crippen molar-refractivity contribution in [3.8, 4) is 0 Å². The molecule has 0 spiro atoms. The van der Waals surface area contributed by atoms with Crippen LogP contribution in [0.3, 0.4) is 0 Å². The van der Waals surface area contributed by atoms with Gasteiger partial charge >= 0.3 is 0 Å². The molecule has 3 nitrogen and oxygen atoms in total. The summed E-state index contributed by atoms with van der Waals surface area (Å²) in [5.41, 5.74) is 1.30. The molecule has 1 aliphatic heterocycles. The summed E-state index contributed by atoms with van der Waals surface area (Å²) in [4.78, 5) is 2.64. The van der Waals surface area contributed by atoms with Gasteiger partial charge in [-0.1, -0.05) is 0 Å². The topological polar surface area (TPSA) is 46.2 Å². The SMILES string of the molecule is Cc1cc(CNC2CCCS(=O)(=O)C2)c(C)s1. The minimum atomic E-state index is -2.80. The normalized spacial score (nSPS) is 23.8. The molecule has 1 aromatic heterocycles. The number of hydrogen-bond acceptors (Lipinski definition) is 4. The Morgan fingerprint density at radius 2 is 2.24 bits per heavy atom. The zero-order chi connectivity index (χ0) is 12.5. The Morgan fingerprint density at radius 1 is 1.47 bits per heavy atom. The second-order valence-corrected chi connectivity index (χ2v) is 8.46. The fraction of sp³-hybridized carbons (Fsp3) is 0.667. The minimum absolute atomic E-state index is 0.133. The molecule has 5 heteroatoms. The number of hydrogen-bond donors (Lipinski definition) is 1. The third kappa shape index (κ3) is 3.53. The van der Waals surface area contributed by atoms with Gasteiger partial charge in [0.1, 0.15) is 0 Å². The summed E-state index contributed by atoms with van der Waals surface area (Å²) in [6.45, 7) is 5.01. The highest BCUT2D eigenvalue weighted by Gasteiger charge is 2.24. The standard InChI is InChI=1S/C12H19NO2S2/c1-9-6-11(10(2)16-9)7-13-12-4-3-5-17(14,15)8-12/h6,12-13H,3-5,7-8H2,1-2H3. The van der Waals surface area contributed by atoms with E-state index in [1.807, 2.05) is 0 Å². The van der Waals surface area contributed by atoms with Crippen molar-refractivity contribution in [3.05, 3.63) is 21.4 Å². The fourth-order valence-corrected chi connectivity index (χ4v) is 4.91. The summed E-state index contributed by atoms with van der Waals surface area (Å²) in [6, 6.07) is 2.32. The molecule has 2 rings (SSSR count). The Morgan fingerprint density at radius 3 is 2.82 bits per heavy atom.